The van der Waals surface area contributed by atoms with E-state index in [2.05, 4.69) is 16.4 Å². The number of fused-ring (bicyclic) bond motifs is 2. The quantitative estimate of drug-likeness (QED) is 0.803. The molecule has 2 aliphatic rings. The molecule has 2 aromatic rings. The molecule has 2 N–H and O–H groups in total. The third-order valence-electron chi connectivity index (χ3n) is 5.44. The first-order valence-electron chi connectivity index (χ1n) is 8.69. The molecule has 26 heavy (non-hydrogen) atoms. The van der Waals surface area contributed by atoms with Crippen LogP contribution < -0.4 is 5.32 Å². The molecule has 0 spiro atoms. The summed E-state index contributed by atoms with van der Waals surface area (Å²) < 4.78 is 0. The van der Waals surface area contributed by atoms with Gasteiger partial charge < -0.3 is 10.4 Å². The standard InChI is InChI=1S/C20H20N2O3S/c1-10-3-6-14(11(2)7-10)15-9-26-20(21-15)22-18(23)16-12-4-5-13(8-12)17(16)19(24)25/h3-7,9,12-13,16-17H,8H2,1-2H3,(H,24,25)(H,21,22,23)/t12-,13-,16-,17-/m0/s1. The Morgan fingerprint density at radius 3 is 2.62 bits per heavy atom. The number of aliphatic carboxylic acids is 1. The molecule has 4 rings (SSSR count). The zero-order valence-electron chi connectivity index (χ0n) is 14.6. The van der Waals surface area contributed by atoms with E-state index in [1.807, 2.05) is 43.5 Å². The molecule has 6 heteroatoms. The summed E-state index contributed by atoms with van der Waals surface area (Å²) in [6, 6.07) is 6.18. The van der Waals surface area contributed by atoms with Crippen molar-refractivity contribution < 1.29 is 14.7 Å². The number of aryl methyl sites for hydroxylation is 2. The molecular formula is C20H20N2O3S. The minimum Gasteiger partial charge on any atom is -0.481 e. The number of anilines is 1. The van der Waals surface area contributed by atoms with Crippen molar-refractivity contribution in [3.63, 3.8) is 0 Å². The number of carbonyl (C=O) groups excluding carboxylic acids is 1. The number of benzene rings is 1. The topological polar surface area (TPSA) is 79.3 Å². The Morgan fingerprint density at radius 1 is 1.19 bits per heavy atom. The van der Waals surface area contributed by atoms with E-state index in [1.54, 1.807) is 0 Å². The van der Waals surface area contributed by atoms with Gasteiger partial charge in [0.1, 0.15) is 0 Å². The summed E-state index contributed by atoms with van der Waals surface area (Å²) in [7, 11) is 0. The monoisotopic (exact) mass is 368 g/mol. The first kappa shape index (κ1) is 17.0. The van der Waals surface area contributed by atoms with Crippen LogP contribution in [-0.2, 0) is 9.59 Å². The van der Waals surface area contributed by atoms with Crippen molar-refractivity contribution in [3.8, 4) is 11.3 Å². The Labute approximate surface area is 155 Å². The van der Waals surface area contributed by atoms with Gasteiger partial charge in [0.2, 0.25) is 5.91 Å². The summed E-state index contributed by atoms with van der Waals surface area (Å²) in [5.74, 6) is -2.30. The van der Waals surface area contributed by atoms with E-state index in [1.165, 1.54) is 16.9 Å². The molecule has 0 aliphatic heterocycles. The number of carboxylic acids is 1. The number of amides is 1. The number of hydrogen-bond acceptors (Lipinski definition) is 4. The van der Waals surface area contributed by atoms with Crippen LogP contribution in [-0.4, -0.2) is 22.0 Å². The summed E-state index contributed by atoms with van der Waals surface area (Å²) in [5, 5.41) is 14.8. The van der Waals surface area contributed by atoms with E-state index in [0.29, 0.717) is 5.13 Å². The van der Waals surface area contributed by atoms with Gasteiger partial charge in [0.25, 0.3) is 0 Å². The largest absolute Gasteiger partial charge is 0.481 e. The predicted molar refractivity (Wildman–Crippen MR) is 101 cm³/mol. The molecule has 0 unspecified atom stereocenters. The van der Waals surface area contributed by atoms with Crippen LogP contribution in [0.1, 0.15) is 17.5 Å². The van der Waals surface area contributed by atoms with E-state index >= 15 is 0 Å². The van der Waals surface area contributed by atoms with Gasteiger partial charge in [0.15, 0.2) is 5.13 Å². The maximum Gasteiger partial charge on any atom is 0.307 e. The molecule has 0 radical (unpaired) electrons. The van der Waals surface area contributed by atoms with Gasteiger partial charge >= 0.3 is 5.97 Å². The van der Waals surface area contributed by atoms with Gasteiger partial charge in [-0.3, -0.25) is 9.59 Å². The van der Waals surface area contributed by atoms with Crippen molar-refractivity contribution in [1.82, 2.24) is 4.98 Å². The van der Waals surface area contributed by atoms with E-state index in [9.17, 15) is 14.7 Å². The number of rotatable bonds is 4. The molecule has 2 aliphatic carbocycles. The number of hydrogen-bond donors (Lipinski definition) is 2. The van der Waals surface area contributed by atoms with Crippen molar-refractivity contribution in [2.75, 3.05) is 5.32 Å². The number of allylic oxidation sites excluding steroid dienone is 2. The second-order valence-electron chi connectivity index (χ2n) is 7.18. The van der Waals surface area contributed by atoms with Gasteiger partial charge in [-0.05, 0) is 37.7 Å². The van der Waals surface area contributed by atoms with E-state index < -0.39 is 17.8 Å². The molecule has 1 aromatic heterocycles. The first-order chi connectivity index (χ1) is 12.4. The normalized spacial score (nSPS) is 26.2. The maximum absolute atomic E-state index is 12.7. The number of nitrogens with one attached hydrogen (secondary N) is 1. The smallest absolute Gasteiger partial charge is 0.307 e. The molecule has 2 bridgehead atoms. The Balaban J connectivity index is 1.53. The number of thiazole rings is 1. The van der Waals surface area contributed by atoms with Crippen LogP contribution >= 0.6 is 11.3 Å². The molecule has 4 atom stereocenters. The predicted octanol–water partition coefficient (Wildman–Crippen LogP) is 3.89. The van der Waals surface area contributed by atoms with E-state index in [4.69, 9.17) is 0 Å². The Morgan fingerprint density at radius 2 is 1.92 bits per heavy atom. The van der Waals surface area contributed by atoms with Gasteiger partial charge in [0, 0.05) is 10.9 Å². The summed E-state index contributed by atoms with van der Waals surface area (Å²) in [6.07, 6.45) is 4.67. The number of carbonyl (C=O) groups is 2. The minimum absolute atomic E-state index is 0.0138. The van der Waals surface area contributed by atoms with Crippen LogP contribution in [0.15, 0.2) is 35.7 Å². The molecule has 1 heterocycles. The number of aromatic nitrogens is 1. The Bertz CT molecular complexity index is 918. The Kier molecular flexibility index (Phi) is 4.15. The van der Waals surface area contributed by atoms with Crippen LogP contribution in [0.5, 0.6) is 0 Å². The zero-order valence-corrected chi connectivity index (χ0v) is 15.4. The molecule has 0 saturated heterocycles. The lowest BCUT2D eigenvalue weighted by Gasteiger charge is -2.23. The van der Waals surface area contributed by atoms with Gasteiger partial charge in [-0.1, -0.05) is 35.9 Å². The molecule has 1 amide bonds. The van der Waals surface area contributed by atoms with Gasteiger partial charge in [-0.15, -0.1) is 11.3 Å². The lowest BCUT2D eigenvalue weighted by atomic mass is 9.82. The van der Waals surface area contributed by atoms with Crippen LogP contribution in [0.4, 0.5) is 5.13 Å². The minimum atomic E-state index is -0.892. The number of nitrogens with zero attached hydrogens (tertiary/aromatic N) is 1. The van der Waals surface area contributed by atoms with Crippen molar-refractivity contribution in [1.29, 1.82) is 0 Å². The second-order valence-corrected chi connectivity index (χ2v) is 8.04. The highest BCUT2D eigenvalue weighted by Gasteiger charge is 2.51. The summed E-state index contributed by atoms with van der Waals surface area (Å²) in [4.78, 5) is 28.9. The zero-order chi connectivity index (χ0) is 18.4. The van der Waals surface area contributed by atoms with Crippen LogP contribution in [0.25, 0.3) is 11.3 Å². The lowest BCUT2D eigenvalue weighted by Crippen LogP contribution is -2.36. The fourth-order valence-electron chi connectivity index (χ4n) is 4.26. The van der Waals surface area contributed by atoms with Crippen molar-refractivity contribution in [2.24, 2.45) is 23.7 Å². The van der Waals surface area contributed by atoms with Crippen LogP contribution in [0.2, 0.25) is 0 Å². The molecule has 134 valence electrons. The fraction of sp³-hybridized carbons (Fsp3) is 0.350. The second kappa shape index (κ2) is 6.36. The third-order valence-corrected chi connectivity index (χ3v) is 6.20. The number of carboxylic acid groups (broad SMARTS) is 1. The highest BCUT2D eigenvalue weighted by atomic mass is 32.1. The lowest BCUT2D eigenvalue weighted by molar-refractivity contribution is -0.146. The van der Waals surface area contributed by atoms with Gasteiger partial charge in [-0.25, -0.2) is 4.98 Å². The maximum atomic E-state index is 12.7. The third kappa shape index (κ3) is 2.84. The van der Waals surface area contributed by atoms with Crippen molar-refractivity contribution in [3.05, 3.63) is 46.9 Å². The first-order valence-corrected chi connectivity index (χ1v) is 9.57. The molecule has 1 fully saturated rings. The van der Waals surface area contributed by atoms with Crippen molar-refractivity contribution >= 4 is 28.3 Å². The van der Waals surface area contributed by atoms with E-state index in [0.717, 1.165) is 23.2 Å². The highest BCUT2D eigenvalue weighted by molar-refractivity contribution is 7.14. The molecular weight excluding hydrogens is 348 g/mol. The van der Waals surface area contributed by atoms with Crippen LogP contribution in [0, 0.1) is 37.5 Å². The summed E-state index contributed by atoms with van der Waals surface area (Å²) in [5.41, 5.74) is 4.19. The van der Waals surface area contributed by atoms with Crippen LogP contribution in [0.3, 0.4) is 0 Å². The summed E-state index contributed by atoms with van der Waals surface area (Å²) in [6.45, 7) is 4.09. The molecule has 1 saturated carbocycles. The molecule has 1 aromatic carbocycles. The van der Waals surface area contributed by atoms with E-state index in [-0.39, 0.29) is 17.7 Å². The summed E-state index contributed by atoms with van der Waals surface area (Å²) >= 11 is 1.37. The molecule has 5 nitrogen and oxygen atoms in total. The van der Waals surface area contributed by atoms with Gasteiger partial charge in [0.05, 0.1) is 17.5 Å². The average molecular weight is 368 g/mol. The SMILES string of the molecule is Cc1ccc(-c2csc(NC(=O)[C@@H]3[C@@H](C(=O)O)[C@H]4C=C[C@H]3C4)n2)c(C)c1. The Hall–Kier alpha value is -2.47. The van der Waals surface area contributed by atoms with Gasteiger partial charge in [-0.2, -0.15) is 0 Å². The van der Waals surface area contributed by atoms with Crippen molar-refractivity contribution in [2.45, 2.75) is 20.3 Å². The highest BCUT2D eigenvalue weighted by Crippen LogP contribution is 2.48. The average Bonchev–Trinajstić information content (AvgIpc) is 3.29. The fourth-order valence-corrected chi connectivity index (χ4v) is 4.97.